The van der Waals surface area contributed by atoms with Crippen LogP contribution < -0.4 is 5.73 Å². The number of nitrogens with two attached hydrogens (primary N) is 1. The molecule has 0 amide bonds. The summed E-state index contributed by atoms with van der Waals surface area (Å²) in [6.07, 6.45) is 3.49. The minimum atomic E-state index is 0.208. The second-order valence-electron chi connectivity index (χ2n) is 5.41. The summed E-state index contributed by atoms with van der Waals surface area (Å²) in [5, 5.41) is 0. The van der Waals surface area contributed by atoms with Crippen LogP contribution in [-0.2, 0) is 0 Å². The van der Waals surface area contributed by atoms with Crippen molar-refractivity contribution in [2.45, 2.75) is 59.0 Å². The molecule has 2 heteroatoms. The zero-order valence-corrected chi connectivity index (χ0v) is 13.0. The summed E-state index contributed by atoms with van der Waals surface area (Å²) >= 11 is 0. The molecule has 0 aliphatic rings. The Labute approximate surface area is 119 Å². The highest BCUT2D eigenvalue weighted by molar-refractivity contribution is 5.25. The highest BCUT2D eigenvalue weighted by Crippen LogP contribution is 2.25. The Kier molecular flexibility index (Phi) is 7.11. The van der Waals surface area contributed by atoms with Crippen LogP contribution in [0.5, 0.6) is 0 Å². The van der Waals surface area contributed by atoms with E-state index in [4.69, 9.17) is 5.73 Å². The molecule has 2 N–H and O–H groups in total. The Morgan fingerprint density at radius 2 is 1.74 bits per heavy atom. The summed E-state index contributed by atoms with van der Waals surface area (Å²) in [4.78, 5) is 2.53. The van der Waals surface area contributed by atoms with Gasteiger partial charge in [-0.1, -0.05) is 57.0 Å². The summed E-state index contributed by atoms with van der Waals surface area (Å²) < 4.78 is 0. The van der Waals surface area contributed by atoms with Gasteiger partial charge in [0.1, 0.15) is 0 Å². The summed E-state index contributed by atoms with van der Waals surface area (Å²) in [7, 11) is 0. The van der Waals surface area contributed by atoms with Gasteiger partial charge in [0.2, 0.25) is 0 Å². The van der Waals surface area contributed by atoms with Crippen molar-refractivity contribution in [1.29, 1.82) is 0 Å². The number of aryl methyl sites for hydroxylation is 1. The number of benzene rings is 1. The number of unbranched alkanes of at least 4 members (excludes halogenated alkanes) is 1. The molecule has 1 aromatic rings. The first-order valence-corrected chi connectivity index (χ1v) is 7.70. The number of rotatable bonds is 8. The normalized spacial score (nSPS) is 14.6. The fraction of sp³-hybridized carbons (Fsp3) is 0.647. The van der Waals surface area contributed by atoms with E-state index in [-0.39, 0.29) is 6.04 Å². The topological polar surface area (TPSA) is 29.3 Å². The van der Waals surface area contributed by atoms with Crippen LogP contribution in [-0.4, -0.2) is 24.0 Å². The maximum Gasteiger partial charge on any atom is 0.0498 e. The van der Waals surface area contributed by atoms with Gasteiger partial charge in [-0.2, -0.15) is 0 Å². The Morgan fingerprint density at radius 1 is 1.11 bits per heavy atom. The zero-order chi connectivity index (χ0) is 14.3. The zero-order valence-electron chi connectivity index (χ0n) is 13.0. The SMILES string of the molecule is CCCCN(CC)C(c1ccc(C)cc1)C(N)CC. The largest absolute Gasteiger partial charge is 0.326 e. The Morgan fingerprint density at radius 3 is 2.21 bits per heavy atom. The molecular formula is C17H30N2. The molecule has 1 rings (SSSR count). The third kappa shape index (κ3) is 4.63. The Hall–Kier alpha value is -0.860. The number of hydrogen-bond donors (Lipinski definition) is 1. The van der Waals surface area contributed by atoms with E-state index < -0.39 is 0 Å². The van der Waals surface area contributed by atoms with Crippen molar-refractivity contribution in [3.8, 4) is 0 Å². The lowest BCUT2D eigenvalue weighted by Gasteiger charge is -2.35. The van der Waals surface area contributed by atoms with Crippen molar-refractivity contribution in [1.82, 2.24) is 4.90 Å². The third-order valence-corrected chi connectivity index (χ3v) is 3.89. The summed E-state index contributed by atoms with van der Waals surface area (Å²) in [5.74, 6) is 0. The first kappa shape index (κ1) is 16.2. The van der Waals surface area contributed by atoms with E-state index in [1.807, 2.05) is 0 Å². The molecular weight excluding hydrogens is 232 g/mol. The van der Waals surface area contributed by atoms with Gasteiger partial charge in [0.15, 0.2) is 0 Å². The molecule has 0 spiro atoms. The smallest absolute Gasteiger partial charge is 0.0498 e. The van der Waals surface area contributed by atoms with Crippen molar-refractivity contribution in [2.75, 3.05) is 13.1 Å². The van der Waals surface area contributed by atoms with Crippen LogP contribution >= 0.6 is 0 Å². The fourth-order valence-corrected chi connectivity index (χ4v) is 2.57. The van der Waals surface area contributed by atoms with Crippen molar-refractivity contribution in [2.24, 2.45) is 5.73 Å². The molecule has 0 bridgehead atoms. The molecule has 0 saturated heterocycles. The lowest BCUT2D eigenvalue weighted by Crippen LogP contribution is -2.41. The maximum absolute atomic E-state index is 6.39. The van der Waals surface area contributed by atoms with E-state index in [2.05, 4.69) is 56.9 Å². The molecule has 1 aromatic carbocycles. The first-order valence-electron chi connectivity index (χ1n) is 7.70. The van der Waals surface area contributed by atoms with Crippen molar-refractivity contribution < 1.29 is 0 Å². The highest BCUT2D eigenvalue weighted by atomic mass is 15.2. The lowest BCUT2D eigenvalue weighted by molar-refractivity contribution is 0.175. The van der Waals surface area contributed by atoms with Crippen LogP contribution in [0.15, 0.2) is 24.3 Å². The third-order valence-electron chi connectivity index (χ3n) is 3.89. The van der Waals surface area contributed by atoms with Crippen molar-refractivity contribution in [3.05, 3.63) is 35.4 Å². The lowest BCUT2D eigenvalue weighted by atomic mass is 9.95. The van der Waals surface area contributed by atoms with Crippen LogP contribution in [0.4, 0.5) is 0 Å². The molecule has 19 heavy (non-hydrogen) atoms. The van der Waals surface area contributed by atoms with Crippen molar-refractivity contribution >= 4 is 0 Å². The second-order valence-corrected chi connectivity index (χ2v) is 5.41. The summed E-state index contributed by atoms with van der Waals surface area (Å²) in [6.45, 7) is 11.0. The number of nitrogens with zero attached hydrogens (tertiary/aromatic N) is 1. The maximum atomic E-state index is 6.39. The molecule has 0 heterocycles. The molecule has 2 unspecified atom stereocenters. The van der Waals surface area contributed by atoms with E-state index in [0.29, 0.717) is 6.04 Å². The van der Waals surface area contributed by atoms with Gasteiger partial charge < -0.3 is 5.73 Å². The van der Waals surface area contributed by atoms with Crippen LogP contribution in [0, 0.1) is 6.92 Å². The van der Waals surface area contributed by atoms with Crippen LogP contribution in [0.1, 0.15) is 57.2 Å². The highest BCUT2D eigenvalue weighted by Gasteiger charge is 2.24. The van der Waals surface area contributed by atoms with E-state index >= 15 is 0 Å². The predicted molar refractivity (Wildman–Crippen MR) is 84.3 cm³/mol. The quantitative estimate of drug-likeness (QED) is 0.770. The van der Waals surface area contributed by atoms with Gasteiger partial charge in [0, 0.05) is 12.1 Å². The van der Waals surface area contributed by atoms with Gasteiger partial charge in [-0.3, -0.25) is 4.90 Å². The molecule has 108 valence electrons. The van der Waals surface area contributed by atoms with Gasteiger partial charge >= 0.3 is 0 Å². The molecule has 2 atom stereocenters. The van der Waals surface area contributed by atoms with Gasteiger partial charge in [0.05, 0.1) is 0 Å². The fourth-order valence-electron chi connectivity index (χ4n) is 2.57. The number of likely N-dealkylation sites (N-methyl/N-ethyl adjacent to an activating group) is 1. The van der Waals surface area contributed by atoms with Gasteiger partial charge in [-0.15, -0.1) is 0 Å². The van der Waals surface area contributed by atoms with E-state index in [1.54, 1.807) is 0 Å². The minimum absolute atomic E-state index is 0.208. The first-order chi connectivity index (χ1) is 9.13. The van der Waals surface area contributed by atoms with Gasteiger partial charge in [-0.25, -0.2) is 0 Å². The summed E-state index contributed by atoms with van der Waals surface area (Å²) in [5.41, 5.74) is 9.06. The number of hydrogen-bond acceptors (Lipinski definition) is 2. The monoisotopic (exact) mass is 262 g/mol. The van der Waals surface area contributed by atoms with Crippen LogP contribution in [0.3, 0.4) is 0 Å². The van der Waals surface area contributed by atoms with Crippen LogP contribution in [0.2, 0.25) is 0 Å². The standard InChI is InChI=1S/C17H30N2/c1-5-8-13-19(7-3)17(16(18)6-2)15-11-9-14(4)10-12-15/h9-12,16-17H,5-8,13,18H2,1-4H3. The van der Waals surface area contributed by atoms with E-state index in [0.717, 1.165) is 19.5 Å². The second kappa shape index (κ2) is 8.34. The molecule has 0 saturated carbocycles. The minimum Gasteiger partial charge on any atom is -0.326 e. The van der Waals surface area contributed by atoms with Gasteiger partial charge in [0.25, 0.3) is 0 Å². The molecule has 0 aromatic heterocycles. The van der Waals surface area contributed by atoms with E-state index in [9.17, 15) is 0 Å². The molecule has 0 aliphatic carbocycles. The summed E-state index contributed by atoms with van der Waals surface area (Å²) in [6, 6.07) is 9.42. The Balaban J connectivity index is 2.95. The van der Waals surface area contributed by atoms with Crippen molar-refractivity contribution in [3.63, 3.8) is 0 Å². The molecule has 0 fully saturated rings. The molecule has 0 aliphatic heterocycles. The van der Waals surface area contributed by atoms with Crippen LogP contribution in [0.25, 0.3) is 0 Å². The Bertz CT molecular complexity index is 345. The van der Waals surface area contributed by atoms with Gasteiger partial charge in [-0.05, 0) is 38.4 Å². The van der Waals surface area contributed by atoms with E-state index in [1.165, 1.54) is 24.0 Å². The predicted octanol–water partition coefficient (Wildman–Crippen LogP) is 3.90. The average molecular weight is 262 g/mol. The molecule has 2 nitrogen and oxygen atoms in total. The molecule has 0 radical (unpaired) electrons. The average Bonchev–Trinajstić information content (AvgIpc) is 2.44.